The molecule has 1 aromatic heterocycles. The molecule has 1 amide bonds. The summed E-state index contributed by atoms with van der Waals surface area (Å²) in [6, 6.07) is 2.65. The number of piperidine rings is 2. The fraction of sp³-hybridized carbons (Fsp3) is 0.773. The molecule has 0 unspecified atom stereocenters. The van der Waals surface area contributed by atoms with Gasteiger partial charge in [0.2, 0.25) is 17.7 Å². The van der Waals surface area contributed by atoms with E-state index in [1.165, 1.54) is 19.3 Å². The zero-order valence-electron chi connectivity index (χ0n) is 17.6. The maximum Gasteiger partial charge on any atom is 0.230 e. The highest BCUT2D eigenvalue weighted by atomic mass is 35.5. The van der Waals surface area contributed by atoms with E-state index < -0.39 is 0 Å². The first-order valence-corrected chi connectivity index (χ1v) is 11.7. The monoisotopic (exact) mass is 434 g/mol. The summed E-state index contributed by atoms with van der Waals surface area (Å²) in [5, 5.41) is 0.393. The molecule has 1 aromatic rings. The summed E-state index contributed by atoms with van der Waals surface area (Å²) >= 11 is 6.28. The Bertz CT molecular complexity index is 772. The molecule has 2 bridgehead atoms. The lowest BCUT2D eigenvalue weighted by atomic mass is 9.81. The van der Waals surface area contributed by atoms with Gasteiger partial charge in [0.1, 0.15) is 5.15 Å². The predicted molar refractivity (Wildman–Crippen MR) is 114 cm³/mol. The summed E-state index contributed by atoms with van der Waals surface area (Å²) in [4.78, 5) is 26.4. The van der Waals surface area contributed by atoms with Gasteiger partial charge in [-0.3, -0.25) is 4.79 Å². The number of fused-ring (bicyclic) bond motifs is 2. The highest BCUT2D eigenvalue weighted by Gasteiger charge is 2.43. The second-order valence-corrected chi connectivity index (χ2v) is 9.85. The molecule has 3 atom stereocenters. The first-order chi connectivity index (χ1) is 14.6. The van der Waals surface area contributed by atoms with Crippen LogP contribution in [-0.4, -0.2) is 65.8 Å². The fourth-order valence-electron chi connectivity index (χ4n) is 5.11. The van der Waals surface area contributed by atoms with E-state index in [1.54, 1.807) is 6.07 Å². The quantitative estimate of drug-likeness (QED) is 0.613. The average Bonchev–Trinajstić information content (AvgIpc) is 3.48. The molecule has 4 fully saturated rings. The summed E-state index contributed by atoms with van der Waals surface area (Å²) in [5.41, 5.74) is 0. The molecule has 0 N–H and O–H groups in total. The zero-order valence-corrected chi connectivity index (χ0v) is 18.4. The van der Waals surface area contributed by atoms with Crippen molar-refractivity contribution in [3.8, 4) is 5.88 Å². The van der Waals surface area contributed by atoms with Gasteiger partial charge in [-0.05, 0) is 50.9 Å². The Labute approximate surface area is 183 Å². The van der Waals surface area contributed by atoms with Crippen molar-refractivity contribution in [2.24, 2.45) is 11.8 Å². The van der Waals surface area contributed by atoms with Gasteiger partial charge in [0, 0.05) is 43.6 Å². The third kappa shape index (κ3) is 4.37. The Balaban J connectivity index is 1.26. The van der Waals surface area contributed by atoms with Gasteiger partial charge in [-0.2, -0.15) is 4.98 Å². The third-order valence-electron chi connectivity index (χ3n) is 7.09. The van der Waals surface area contributed by atoms with Crippen LogP contribution in [-0.2, 0) is 9.53 Å². The number of rotatable bonds is 7. The molecule has 3 aliphatic heterocycles. The largest absolute Gasteiger partial charge is 0.477 e. The van der Waals surface area contributed by atoms with Gasteiger partial charge >= 0.3 is 0 Å². The lowest BCUT2D eigenvalue weighted by Crippen LogP contribution is -2.58. The first-order valence-electron chi connectivity index (χ1n) is 11.4. The van der Waals surface area contributed by atoms with Crippen LogP contribution in [0.15, 0.2) is 6.07 Å². The summed E-state index contributed by atoms with van der Waals surface area (Å²) in [7, 11) is 2.04. The van der Waals surface area contributed by atoms with Gasteiger partial charge in [-0.15, -0.1) is 0 Å². The van der Waals surface area contributed by atoms with Crippen molar-refractivity contribution in [1.82, 2.24) is 14.9 Å². The molecule has 0 spiro atoms. The lowest BCUT2D eigenvalue weighted by molar-refractivity contribution is -0.141. The summed E-state index contributed by atoms with van der Waals surface area (Å²) in [5.74, 6) is 2.56. The van der Waals surface area contributed by atoms with Gasteiger partial charge in [0.05, 0.1) is 19.8 Å². The van der Waals surface area contributed by atoms with Crippen LogP contribution in [0.5, 0.6) is 5.88 Å². The minimum atomic E-state index is 0.302. The fourth-order valence-corrected chi connectivity index (χ4v) is 5.28. The molecule has 5 rings (SSSR count). The van der Waals surface area contributed by atoms with Crippen LogP contribution >= 0.6 is 11.6 Å². The second-order valence-electron chi connectivity index (χ2n) is 9.47. The molecule has 3 saturated heterocycles. The van der Waals surface area contributed by atoms with E-state index >= 15 is 0 Å². The topological polar surface area (TPSA) is 67.8 Å². The van der Waals surface area contributed by atoms with Gasteiger partial charge in [-0.1, -0.05) is 11.6 Å². The predicted octanol–water partition coefficient (Wildman–Crippen LogP) is 3.30. The molecule has 7 nitrogen and oxygen atoms in total. The number of aromatic nitrogens is 2. The lowest BCUT2D eigenvalue weighted by Gasteiger charge is -2.50. The van der Waals surface area contributed by atoms with Gasteiger partial charge < -0.3 is 19.3 Å². The Morgan fingerprint density at radius 1 is 1.20 bits per heavy atom. The summed E-state index contributed by atoms with van der Waals surface area (Å²) < 4.78 is 11.0. The Morgan fingerprint density at radius 2 is 1.93 bits per heavy atom. The number of carbonyl (C=O) groups excluding carboxylic acids is 1. The zero-order chi connectivity index (χ0) is 20.7. The van der Waals surface area contributed by atoms with Crippen molar-refractivity contribution in [1.29, 1.82) is 0 Å². The van der Waals surface area contributed by atoms with E-state index in [0.29, 0.717) is 59.5 Å². The van der Waals surface area contributed by atoms with Crippen molar-refractivity contribution in [2.45, 2.75) is 69.5 Å². The Hall–Kier alpha value is -1.60. The van der Waals surface area contributed by atoms with Crippen molar-refractivity contribution in [3.05, 3.63) is 11.2 Å². The number of amides is 1. The highest BCUT2D eigenvalue weighted by Crippen LogP contribution is 2.40. The van der Waals surface area contributed by atoms with E-state index in [2.05, 4.69) is 19.8 Å². The van der Waals surface area contributed by atoms with Crippen LogP contribution in [0.25, 0.3) is 0 Å². The van der Waals surface area contributed by atoms with E-state index in [4.69, 9.17) is 21.1 Å². The number of ether oxygens (including phenoxy) is 2. The molecule has 0 aromatic carbocycles. The van der Waals surface area contributed by atoms with E-state index in [1.807, 2.05) is 7.05 Å². The molecule has 8 heteroatoms. The van der Waals surface area contributed by atoms with Crippen molar-refractivity contribution >= 4 is 23.5 Å². The third-order valence-corrected chi connectivity index (χ3v) is 7.29. The molecular weight excluding hydrogens is 404 g/mol. The smallest absolute Gasteiger partial charge is 0.230 e. The second kappa shape index (κ2) is 8.50. The molecule has 4 heterocycles. The molecule has 4 aliphatic rings. The van der Waals surface area contributed by atoms with Crippen LogP contribution < -0.4 is 9.64 Å². The maximum absolute atomic E-state index is 12.9. The van der Waals surface area contributed by atoms with Crippen LogP contribution in [0.2, 0.25) is 5.15 Å². The number of hydrogen-bond acceptors (Lipinski definition) is 6. The van der Waals surface area contributed by atoms with Gasteiger partial charge in [-0.25, -0.2) is 4.98 Å². The summed E-state index contributed by atoms with van der Waals surface area (Å²) in [6.07, 6.45) is 8.56. The minimum absolute atomic E-state index is 0.302. The van der Waals surface area contributed by atoms with Crippen LogP contribution in [0, 0.1) is 11.8 Å². The SMILES string of the molecule is CN(c1nc(Cl)cc(OCC2COC2)n1)[C@@H]1C[C@H]2CCC[C@@H](C1)N2C(=O)CC1CC1. The number of carbonyl (C=O) groups is 1. The minimum Gasteiger partial charge on any atom is -0.477 e. The number of nitrogens with zero attached hydrogens (tertiary/aromatic N) is 4. The number of hydrogen-bond donors (Lipinski definition) is 0. The molecule has 30 heavy (non-hydrogen) atoms. The van der Waals surface area contributed by atoms with Crippen molar-refractivity contribution in [3.63, 3.8) is 0 Å². The Morgan fingerprint density at radius 3 is 2.57 bits per heavy atom. The normalized spacial score (nSPS) is 28.7. The Kier molecular flexibility index (Phi) is 5.75. The highest BCUT2D eigenvalue weighted by molar-refractivity contribution is 6.29. The standard InChI is InChI=1S/C22H31ClN4O3/c1-26(22-24-19(23)10-20(25-22)30-13-15-11-29-12-15)18-8-16-3-2-4-17(9-18)27(16)21(28)7-14-5-6-14/h10,14-18H,2-9,11-13H2,1H3/t16-,17+,18-. The van der Waals surface area contributed by atoms with Crippen LogP contribution in [0.1, 0.15) is 51.4 Å². The average molecular weight is 435 g/mol. The molecular formula is C22H31ClN4O3. The molecule has 0 radical (unpaired) electrons. The van der Waals surface area contributed by atoms with Crippen LogP contribution in [0.3, 0.4) is 0 Å². The van der Waals surface area contributed by atoms with E-state index in [-0.39, 0.29) is 0 Å². The molecule has 164 valence electrons. The summed E-state index contributed by atoms with van der Waals surface area (Å²) in [6.45, 7) is 2.07. The van der Waals surface area contributed by atoms with Crippen molar-refractivity contribution < 1.29 is 14.3 Å². The molecule has 1 aliphatic carbocycles. The van der Waals surface area contributed by atoms with Crippen LogP contribution in [0.4, 0.5) is 5.95 Å². The van der Waals surface area contributed by atoms with E-state index in [9.17, 15) is 4.79 Å². The maximum atomic E-state index is 12.9. The van der Waals surface area contributed by atoms with E-state index in [0.717, 1.165) is 45.3 Å². The number of halogens is 1. The molecule has 1 saturated carbocycles. The first kappa shape index (κ1) is 20.3. The van der Waals surface area contributed by atoms with Gasteiger partial charge in [0.25, 0.3) is 0 Å². The van der Waals surface area contributed by atoms with Gasteiger partial charge in [0.15, 0.2) is 0 Å². The van der Waals surface area contributed by atoms with Crippen molar-refractivity contribution in [2.75, 3.05) is 31.8 Å². The number of anilines is 1.